The first-order chi connectivity index (χ1) is 19.3. The third-order valence-corrected chi connectivity index (χ3v) is 7.15. The van der Waals surface area contributed by atoms with Crippen molar-refractivity contribution in [1.29, 1.82) is 0 Å². The van der Waals surface area contributed by atoms with E-state index in [2.05, 4.69) is 4.98 Å². The number of rotatable bonds is 13. The van der Waals surface area contributed by atoms with E-state index in [0.717, 1.165) is 16.7 Å². The maximum atomic E-state index is 13.8. The number of carbonyl (C=O) groups is 1. The molecular formula is C32H34NO7-. The first-order valence-electron chi connectivity index (χ1n) is 13.0. The van der Waals surface area contributed by atoms with E-state index in [1.165, 1.54) is 20.3 Å². The molecule has 8 heteroatoms. The zero-order chi connectivity index (χ0) is 28.6. The van der Waals surface area contributed by atoms with Crippen molar-refractivity contribution in [1.82, 2.24) is 4.98 Å². The number of Topliss-reactive ketones (excluding diaryl/α,β-unsaturated/α-hetero) is 1. The molecule has 1 heterocycles. The normalized spacial score (nSPS) is 13.4. The van der Waals surface area contributed by atoms with Gasteiger partial charge in [-0.2, -0.15) is 12.4 Å². The molecule has 0 saturated carbocycles. The number of aliphatic hydroxyl groups excluding tert-OH is 1. The summed E-state index contributed by atoms with van der Waals surface area (Å²) < 4.78 is 10.5. The van der Waals surface area contributed by atoms with Gasteiger partial charge in [0, 0.05) is 12.3 Å². The molecule has 0 aliphatic carbocycles. The summed E-state index contributed by atoms with van der Waals surface area (Å²) in [5.41, 5.74) is 3.19. The standard InChI is InChI=1S/C32H34NO7/c1-39-31-15-20(6-8-27(31)35)12-24(13-22-10-11-33-19-22)29(37)18-30(38)26(23-4-3-5-25(34)17-23)14-21-7-9-28(36)32(16-21)40-2/h3-11,15-17,19,24,26,29,34-37H,12-14,18H2,1-2H3/q-1. The van der Waals surface area contributed by atoms with Crippen molar-refractivity contribution < 1.29 is 34.7 Å². The Bertz CT molecular complexity index is 1420. The first-order valence-corrected chi connectivity index (χ1v) is 13.0. The quantitative estimate of drug-likeness (QED) is 0.193. The van der Waals surface area contributed by atoms with Gasteiger partial charge in [0.25, 0.3) is 0 Å². The maximum Gasteiger partial charge on any atom is 0.160 e. The lowest BCUT2D eigenvalue weighted by atomic mass is 9.81. The topological polar surface area (TPSA) is 131 Å². The largest absolute Gasteiger partial charge is 0.670 e. The van der Waals surface area contributed by atoms with Crippen LogP contribution in [0.3, 0.4) is 0 Å². The van der Waals surface area contributed by atoms with E-state index in [4.69, 9.17) is 9.47 Å². The smallest absolute Gasteiger partial charge is 0.160 e. The number of carbonyl (C=O) groups excluding carboxylic acids is 1. The number of aliphatic hydroxyl groups is 1. The van der Waals surface area contributed by atoms with Gasteiger partial charge in [-0.1, -0.05) is 35.9 Å². The Hall–Kier alpha value is -4.43. The number of benzene rings is 3. The van der Waals surface area contributed by atoms with Gasteiger partial charge in [0.05, 0.1) is 20.3 Å². The molecule has 0 saturated heterocycles. The number of ketones is 1. The fourth-order valence-electron chi connectivity index (χ4n) is 5.00. The van der Waals surface area contributed by atoms with E-state index in [9.17, 15) is 25.2 Å². The highest BCUT2D eigenvalue weighted by atomic mass is 16.5. The van der Waals surface area contributed by atoms with Crippen LogP contribution in [-0.4, -0.2) is 46.5 Å². The monoisotopic (exact) mass is 544 g/mol. The highest BCUT2D eigenvalue weighted by molar-refractivity contribution is 5.86. The van der Waals surface area contributed by atoms with E-state index in [1.54, 1.807) is 67.0 Å². The van der Waals surface area contributed by atoms with Gasteiger partial charge in [-0.3, -0.25) is 4.79 Å². The predicted molar refractivity (Wildman–Crippen MR) is 150 cm³/mol. The van der Waals surface area contributed by atoms with Crippen LogP contribution in [0.1, 0.15) is 34.6 Å². The minimum atomic E-state index is -0.976. The summed E-state index contributed by atoms with van der Waals surface area (Å²) in [5, 5.41) is 41.6. The van der Waals surface area contributed by atoms with E-state index >= 15 is 0 Å². The molecule has 210 valence electrons. The van der Waals surface area contributed by atoms with Gasteiger partial charge in [-0.15, -0.1) is 0 Å². The van der Waals surface area contributed by atoms with Crippen LogP contribution in [0.25, 0.3) is 0 Å². The molecular weight excluding hydrogens is 510 g/mol. The van der Waals surface area contributed by atoms with E-state index in [0.29, 0.717) is 29.9 Å². The zero-order valence-corrected chi connectivity index (χ0v) is 22.5. The number of hydrogen-bond donors (Lipinski definition) is 4. The van der Waals surface area contributed by atoms with Crippen LogP contribution in [0.5, 0.6) is 28.7 Å². The van der Waals surface area contributed by atoms with Crippen molar-refractivity contribution in [2.24, 2.45) is 5.92 Å². The van der Waals surface area contributed by atoms with Gasteiger partial charge in [0.1, 0.15) is 11.5 Å². The molecule has 0 bridgehead atoms. The van der Waals surface area contributed by atoms with Crippen molar-refractivity contribution in [3.8, 4) is 28.7 Å². The minimum absolute atomic E-state index is 0.00221. The molecule has 0 fully saturated rings. The van der Waals surface area contributed by atoms with Crippen molar-refractivity contribution in [3.05, 3.63) is 101 Å². The Morgan fingerprint density at radius 1 is 0.800 bits per heavy atom. The lowest BCUT2D eigenvalue weighted by molar-refractivity contribution is -0.123. The number of aromatic nitrogens is 1. The average Bonchev–Trinajstić information content (AvgIpc) is 3.46. The number of methoxy groups -OCH3 is 2. The lowest BCUT2D eigenvalue weighted by Gasteiger charge is -2.25. The highest BCUT2D eigenvalue weighted by Gasteiger charge is 2.28. The lowest BCUT2D eigenvalue weighted by Crippen LogP contribution is -2.30. The molecule has 1 aromatic heterocycles. The third-order valence-electron chi connectivity index (χ3n) is 7.15. The van der Waals surface area contributed by atoms with Crippen LogP contribution >= 0.6 is 0 Å². The molecule has 8 nitrogen and oxygen atoms in total. The molecule has 0 radical (unpaired) electrons. The summed E-state index contributed by atoms with van der Waals surface area (Å²) in [6, 6.07) is 18.4. The summed E-state index contributed by atoms with van der Waals surface area (Å²) in [5.74, 6) is -0.443. The van der Waals surface area contributed by atoms with Crippen LogP contribution in [0.15, 0.2) is 79.1 Å². The van der Waals surface area contributed by atoms with Crippen molar-refractivity contribution in [2.75, 3.05) is 14.2 Å². The van der Waals surface area contributed by atoms with Gasteiger partial charge in [0.2, 0.25) is 0 Å². The number of hydrogen-bond acceptors (Lipinski definition) is 7. The Morgan fingerprint density at radius 2 is 1.43 bits per heavy atom. The predicted octanol–water partition coefficient (Wildman–Crippen LogP) is 4.53. The molecule has 0 spiro atoms. The fourth-order valence-corrected chi connectivity index (χ4v) is 5.00. The average molecular weight is 545 g/mol. The van der Waals surface area contributed by atoms with Crippen molar-refractivity contribution in [2.45, 2.75) is 37.7 Å². The van der Waals surface area contributed by atoms with Crippen LogP contribution < -0.4 is 14.5 Å². The molecule has 0 aliphatic heterocycles. The first kappa shape index (κ1) is 28.6. The second-order valence-corrected chi connectivity index (χ2v) is 9.94. The molecule has 4 N–H and O–H groups in total. The number of phenolic OH excluding ortho intramolecular Hbond substituents is 3. The van der Waals surface area contributed by atoms with Gasteiger partial charge in [-0.25, -0.2) is 0 Å². The molecule has 0 amide bonds. The third kappa shape index (κ3) is 7.15. The van der Waals surface area contributed by atoms with Crippen LogP contribution in [0.4, 0.5) is 0 Å². The Labute approximate surface area is 233 Å². The number of nitrogens with zero attached hydrogens (tertiary/aromatic N) is 1. The zero-order valence-electron chi connectivity index (χ0n) is 22.5. The fraction of sp³-hybridized carbons (Fsp3) is 0.281. The van der Waals surface area contributed by atoms with Gasteiger partial charge in [0.15, 0.2) is 23.0 Å². The molecule has 40 heavy (non-hydrogen) atoms. The van der Waals surface area contributed by atoms with Crippen LogP contribution in [0.2, 0.25) is 0 Å². The maximum absolute atomic E-state index is 13.8. The summed E-state index contributed by atoms with van der Waals surface area (Å²) in [4.78, 5) is 17.9. The molecule has 3 aromatic carbocycles. The Morgan fingerprint density at radius 3 is 2.00 bits per heavy atom. The van der Waals surface area contributed by atoms with Gasteiger partial charge >= 0.3 is 0 Å². The second-order valence-electron chi connectivity index (χ2n) is 9.94. The Balaban J connectivity index is 1.59. The van der Waals surface area contributed by atoms with Crippen LogP contribution in [0, 0.1) is 5.92 Å². The molecule has 3 atom stereocenters. The highest BCUT2D eigenvalue weighted by Crippen LogP contribution is 2.33. The molecule has 0 aliphatic rings. The second kappa shape index (κ2) is 13.1. The van der Waals surface area contributed by atoms with Gasteiger partial charge in [-0.05, 0) is 78.3 Å². The van der Waals surface area contributed by atoms with E-state index in [-0.39, 0.29) is 41.8 Å². The van der Waals surface area contributed by atoms with Gasteiger partial charge < -0.3 is 34.9 Å². The number of ether oxygens (including phenoxy) is 2. The van der Waals surface area contributed by atoms with Crippen molar-refractivity contribution in [3.63, 3.8) is 0 Å². The summed E-state index contributed by atoms with van der Waals surface area (Å²) in [7, 11) is 2.93. The Kier molecular flexibility index (Phi) is 9.35. The summed E-state index contributed by atoms with van der Waals surface area (Å²) in [6.45, 7) is 0. The number of phenols is 3. The number of aromatic hydroxyl groups is 3. The molecule has 3 unspecified atom stereocenters. The van der Waals surface area contributed by atoms with E-state index < -0.39 is 12.0 Å². The molecule has 4 rings (SSSR count). The van der Waals surface area contributed by atoms with Crippen molar-refractivity contribution >= 4 is 5.78 Å². The molecule has 4 aromatic rings. The van der Waals surface area contributed by atoms with E-state index in [1.807, 2.05) is 6.07 Å². The van der Waals surface area contributed by atoms with Crippen LogP contribution in [-0.2, 0) is 24.1 Å². The summed E-state index contributed by atoms with van der Waals surface area (Å²) >= 11 is 0. The summed E-state index contributed by atoms with van der Waals surface area (Å²) in [6.07, 6.45) is 3.59. The SMILES string of the molecule is COc1cc(CC(C(=O)CC(O)C(Cc2cc[n-]c2)Cc2ccc(O)c(OC)c2)c2cccc(O)c2)ccc1O. The minimum Gasteiger partial charge on any atom is -0.670 e.